The smallest absolute Gasteiger partial charge is 0.353 e. The van der Waals surface area contributed by atoms with Crippen molar-refractivity contribution in [1.29, 1.82) is 0 Å². The molecule has 0 fully saturated rings. The molecule has 0 bridgehead atoms. The Balaban J connectivity index is 4.28. The molecule has 1 atom stereocenters. The van der Waals surface area contributed by atoms with E-state index in [1.54, 1.807) is 0 Å². The topological polar surface area (TPSA) is 60.4 Å². The van der Waals surface area contributed by atoms with Gasteiger partial charge in [0.25, 0.3) is 0 Å². The molecule has 0 heterocycles. The van der Waals surface area contributed by atoms with Gasteiger partial charge in [0.05, 0.1) is 5.92 Å². The number of hydrogen-bond acceptors (Lipinski definition) is 4. The monoisotopic (exact) mass is 200 g/mol. The fraction of sp³-hybridized carbons (Fsp3) is 0.500. The van der Waals surface area contributed by atoms with Gasteiger partial charge in [0.15, 0.2) is 0 Å². The quantitative estimate of drug-likeness (QED) is 0.507. The minimum absolute atomic E-state index is 0.0709. The number of carbonyl (C=O) groups is 2. The van der Waals surface area contributed by atoms with Crippen molar-refractivity contribution in [3.05, 3.63) is 0 Å². The first-order valence-corrected chi connectivity index (χ1v) is 4.30. The molecule has 0 saturated heterocycles. The molecule has 1 unspecified atom stereocenters. The molecule has 0 rings (SSSR count). The highest BCUT2D eigenvalue weighted by Crippen LogP contribution is 2.04. The summed E-state index contributed by atoms with van der Waals surface area (Å²) < 4.78 is 14.0. The van der Waals surface area contributed by atoms with Crippen molar-refractivity contribution in [1.82, 2.24) is 0 Å². The van der Waals surface area contributed by atoms with Gasteiger partial charge < -0.3 is 4.52 Å². The van der Waals surface area contributed by atoms with E-state index in [0.29, 0.717) is 0 Å². The number of Topliss-reactive ketones (excluding diaryl/α,β-unsaturated/α-hetero) is 2. The summed E-state index contributed by atoms with van der Waals surface area (Å²) in [7, 11) is -0.559. The van der Waals surface area contributed by atoms with Crippen molar-refractivity contribution in [2.75, 3.05) is 0 Å². The van der Waals surface area contributed by atoms with Crippen molar-refractivity contribution in [2.45, 2.75) is 20.3 Å². The Morgan fingerprint density at radius 1 is 1.46 bits per heavy atom. The number of carbonyl (C=O) groups excluding carboxylic acids is 2. The van der Waals surface area contributed by atoms with Crippen LogP contribution in [0.5, 0.6) is 0 Å². The Bertz CT molecular complexity index is 274. The van der Waals surface area contributed by atoms with Crippen LogP contribution in [-0.4, -0.2) is 11.6 Å². The third kappa shape index (κ3) is 6.01. The Kier molecular flexibility index (Phi) is 5.75. The molecule has 0 aliphatic rings. The normalized spacial score (nSPS) is 11.2. The molecule has 0 aliphatic heterocycles. The molecule has 0 aromatic carbocycles. The Morgan fingerprint density at radius 2 is 2.08 bits per heavy atom. The second kappa shape index (κ2) is 6.33. The van der Waals surface area contributed by atoms with Crippen LogP contribution < -0.4 is 0 Å². The molecule has 0 amide bonds. The van der Waals surface area contributed by atoms with Crippen LogP contribution in [0.15, 0.2) is 0 Å². The van der Waals surface area contributed by atoms with Crippen molar-refractivity contribution in [3.63, 3.8) is 0 Å². The zero-order valence-electron chi connectivity index (χ0n) is 7.36. The van der Waals surface area contributed by atoms with E-state index in [-0.39, 0.29) is 18.0 Å². The van der Waals surface area contributed by atoms with Gasteiger partial charge in [0.2, 0.25) is 0 Å². The van der Waals surface area contributed by atoms with Crippen LogP contribution in [0.4, 0.5) is 0 Å². The maximum absolute atomic E-state index is 10.9. The fourth-order valence-electron chi connectivity index (χ4n) is 0.700. The summed E-state index contributed by atoms with van der Waals surface area (Å²) in [5, 5.41) is 0. The summed E-state index contributed by atoms with van der Waals surface area (Å²) in [5.41, 5.74) is 0. The molecule has 0 radical (unpaired) electrons. The van der Waals surface area contributed by atoms with E-state index in [2.05, 4.69) is 16.6 Å². The molecule has 0 spiro atoms. The first-order valence-electron chi connectivity index (χ1n) is 3.57. The molecule has 0 aromatic rings. The average Bonchev–Trinajstić information content (AvgIpc) is 2.02. The summed E-state index contributed by atoms with van der Waals surface area (Å²) in [6.45, 7) is 2.72. The highest BCUT2D eigenvalue weighted by molar-refractivity contribution is 7.17. The molecule has 13 heavy (non-hydrogen) atoms. The SMILES string of the molecule is CC(=O)CC(C#COP=O)C(C)=O. The summed E-state index contributed by atoms with van der Waals surface area (Å²) in [4.78, 5) is 21.5. The van der Waals surface area contributed by atoms with Gasteiger partial charge in [-0.15, -0.1) is 0 Å². The highest BCUT2D eigenvalue weighted by atomic mass is 31.1. The van der Waals surface area contributed by atoms with Crippen LogP contribution in [0.1, 0.15) is 20.3 Å². The molecule has 0 saturated carbocycles. The van der Waals surface area contributed by atoms with Crippen molar-refractivity contribution >= 4 is 20.3 Å². The predicted molar refractivity (Wildman–Crippen MR) is 45.9 cm³/mol. The van der Waals surface area contributed by atoms with E-state index in [1.807, 2.05) is 0 Å². The molecule has 0 aliphatic carbocycles. The maximum atomic E-state index is 10.9. The minimum Gasteiger partial charge on any atom is -0.353 e. The second-order valence-corrected chi connectivity index (χ2v) is 2.81. The second-order valence-electron chi connectivity index (χ2n) is 2.48. The lowest BCUT2D eigenvalue weighted by Crippen LogP contribution is -2.12. The van der Waals surface area contributed by atoms with E-state index in [0.717, 1.165) is 0 Å². The third-order valence-electron chi connectivity index (χ3n) is 1.30. The maximum Gasteiger partial charge on any atom is 0.405 e. The zero-order chi connectivity index (χ0) is 10.3. The van der Waals surface area contributed by atoms with Crippen molar-refractivity contribution in [2.24, 2.45) is 5.92 Å². The molecular formula is C8H9O4P. The minimum atomic E-state index is -0.653. The lowest BCUT2D eigenvalue weighted by molar-refractivity contribution is -0.124. The van der Waals surface area contributed by atoms with Gasteiger partial charge in [-0.3, -0.25) is 9.59 Å². The molecule has 0 aromatic heterocycles. The predicted octanol–water partition coefficient (Wildman–Crippen LogP) is 1.35. The van der Waals surface area contributed by atoms with Crippen LogP contribution in [0, 0.1) is 17.9 Å². The molecule has 70 valence electrons. The lowest BCUT2D eigenvalue weighted by atomic mass is 10.0. The van der Waals surface area contributed by atoms with Crippen LogP contribution in [0.2, 0.25) is 0 Å². The molecular weight excluding hydrogens is 191 g/mol. The molecule has 4 nitrogen and oxygen atoms in total. The number of hydrogen-bond donors (Lipinski definition) is 0. The van der Waals surface area contributed by atoms with Gasteiger partial charge in [0.1, 0.15) is 17.7 Å². The Hall–Kier alpha value is -1.20. The van der Waals surface area contributed by atoms with E-state index in [4.69, 9.17) is 0 Å². The van der Waals surface area contributed by atoms with E-state index >= 15 is 0 Å². The summed E-state index contributed by atoms with van der Waals surface area (Å²) in [6, 6.07) is 0. The standard InChI is InChI=1S/C8H9O4P/c1-6(9)5-8(7(2)10)3-4-12-13-11/h8H,5H2,1-2H3. The van der Waals surface area contributed by atoms with Gasteiger partial charge in [-0.1, -0.05) is 0 Å². The first-order chi connectivity index (χ1) is 6.07. The fourth-order valence-corrected chi connectivity index (χ4v) is 0.790. The third-order valence-corrected chi connectivity index (χ3v) is 1.46. The van der Waals surface area contributed by atoms with Crippen LogP contribution in [0.25, 0.3) is 0 Å². The highest BCUT2D eigenvalue weighted by Gasteiger charge is 2.13. The van der Waals surface area contributed by atoms with Crippen LogP contribution in [0.3, 0.4) is 0 Å². The van der Waals surface area contributed by atoms with Gasteiger partial charge >= 0.3 is 8.69 Å². The summed E-state index contributed by atoms with van der Waals surface area (Å²) in [6.07, 6.45) is 2.14. The van der Waals surface area contributed by atoms with Gasteiger partial charge in [-0.2, -0.15) is 0 Å². The van der Waals surface area contributed by atoms with E-state index < -0.39 is 14.6 Å². The van der Waals surface area contributed by atoms with Gasteiger partial charge in [0, 0.05) is 6.42 Å². The summed E-state index contributed by atoms with van der Waals surface area (Å²) >= 11 is 0. The van der Waals surface area contributed by atoms with Crippen molar-refractivity contribution < 1.29 is 18.7 Å². The summed E-state index contributed by atoms with van der Waals surface area (Å²) in [5.74, 6) is 1.43. The lowest BCUT2D eigenvalue weighted by Gasteiger charge is -2.01. The average molecular weight is 200 g/mol. The van der Waals surface area contributed by atoms with E-state index in [9.17, 15) is 14.2 Å². The molecule has 5 heteroatoms. The Morgan fingerprint density at radius 3 is 2.46 bits per heavy atom. The number of ketones is 2. The zero-order valence-corrected chi connectivity index (χ0v) is 8.26. The van der Waals surface area contributed by atoms with Crippen LogP contribution in [-0.2, 0) is 18.7 Å². The van der Waals surface area contributed by atoms with Gasteiger partial charge in [-0.05, 0) is 19.8 Å². The molecule has 0 N–H and O–H groups in total. The van der Waals surface area contributed by atoms with Crippen LogP contribution >= 0.6 is 8.69 Å². The number of rotatable bonds is 4. The van der Waals surface area contributed by atoms with E-state index in [1.165, 1.54) is 13.8 Å². The first kappa shape index (κ1) is 11.8. The van der Waals surface area contributed by atoms with Gasteiger partial charge in [-0.25, -0.2) is 4.57 Å². The largest absolute Gasteiger partial charge is 0.405 e. The Labute approximate surface area is 77.9 Å². The van der Waals surface area contributed by atoms with Crippen molar-refractivity contribution in [3.8, 4) is 12.0 Å².